The Morgan fingerprint density at radius 1 is 1.37 bits per heavy atom. The maximum Gasteiger partial charge on any atom is 0.143 e. The van der Waals surface area contributed by atoms with E-state index in [0.717, 1.165) is 38.1 Å². The Morgan fingerprint density at radius 3 is 2.89 bits per heavy atom. The maximum absolute atomic E-state index is 5.72. The Bertz CT molecular complexity index is 572. The van der Waals surface area contributed by atoms with Gasteiger partial charge in [-0.3, -0.25) is 0 Å². The molecule has 0 aliphatic carbocycles. The highest BCUT2D eigenvalue weighted by Crippen LogP contribution is 2.32. The van der Waals surface area contributed by atoms with E-state index in [-0.39, 0.29) is 0 Å². The molecule has 0 spiro atoms. The van der Waals surface area contributed by atoms with E-state index in [4.69, 9.17) is 10.5 Å². The zero-order valence-electron chi connectivity index (χ0n) is 11.3. The minimum Gasteiger partial charge on any atom is -0.381 e. The first-order chi connectivity index (χ1) is 9.31. The van der Waals surface area contributed by atoms with Crippen molar-refractivity contribution in [3.05, 3.63) is 23.8 Å². The average molecular weight is 260 g/mol. The van der Waals surface area contributed by atoms with Crippen molar-refractivity contribution in [2.75, 3.05) is 19.8 Å². The number of nitrogens with zero attached hydrogens (tertiary/aromatic N) is 3. The summed E-state index contributed by atoms with van der Waals surface area (Å²) in [6.07, 6.45) is 6.78. The molecule has 0 aromatic carbocycles. The van der Waals surface area contributed by atoms with Gasteiger partial charge in [0.1, 0.15) is 12.0 Å². The first-order valence-electron chi connectivity index (χ1n) is 6.88. The summed E-state index contributed by atoms with van der Waals surface area (Å²) in [6, 6.07) is 0. The van der Waals surface area contributed by atoms with Gasteiger partial charge in [0.15, 0.2) is 0 Å². The van der Waals surface area contributed by atoms with E-state index in [0.29, 0.717) is 12.5 Å². The lowest BCUT2D eigenvalue weighted by atomic mass is 9.93. The van der Waals surface area contributed by atoms with Crippen molar-refractivity contribution < 1.29 is 4.74 Å². The number of hydrogen-bond acceptors (Lipinski definition) is 4. The van der Waals surface area contributed by atoms with Crippen LogP contribution >= 0.6 is 0 Å². The Labute approximate surface area is 112 Å². The molecular weight excluding hydrogens is 240 g/mol. The molecule has 0 radical (unpaired) electrons. The van der Waals surface area contributed by atoms with Gasteiger partial charge in [-0.05, 0) is 31.4 Å². The SMILES string of the molecule is Cn1cc(CCN)c2c(C3CCOCC3)ncnc21. The predicted molar refractivity (Wildman–Crippen MR) is 74.1 cm³/mol. The average Bonchev–Trinajstić information content (AvgIpc) is 2.77. The predicted octanol–water partition coefficient (Wildman–Crippen LogP) is 1.36. The van der Waals surface area contributed by atoms with Crippen molar-refractivity contribution in [3.8, 4) is 0 Å². The quantitative estimate of drug-likeness (QED) is 0.905. The van der Waals surface area contributed by atoms with Gasteiger partial charge in [0.25, 0.3) is 0 Å². The van der Waals surface area contributed by atoms with Crippen molar-refractivity contribution in [3.63, 3.8) is 0 Å². The van der Waals surface area contributed by atoms with Crippen LogP contribution in [-0.4, -0.2) is 34.3 Å². The summed E-state index contributed by atoms with van der Waals surface area (Å²) in [5.41, 5.74) is 9.18. The van der Waals surface area contributed by atoms with Crippen molar-refractivity contribution in [2.24, 2.45) is 12.8 Å². The molecule has 3 heterocycles. The standard InChI is InChI=1S/C14H20N4O/c1-18-8-11(2-5-15)12-13(16-9-17-14(12)18)10-3-6-19-7-4-10/h8-10H,2-7,15H2,1H3. The van der Waals surface area contributed by atoms with Crippen LogP contribution in [0.3, 0.4) is 0 Å². The molecule has 19 heavy (non-hydrogen) atoms. The van der Waals surface area contributed by atoms with Crippen LogP contribution in [0.25, 0.3) is 11.0 Å². The highest BCUT2D eigenvalue weighted by Gasteiger charge is 2.22. The van der Waals surface area contributed by atoms with Crippen molar-refractivity contribution in [1.29, 1.82) is 0 Å². The van der Waals surface area contributed by atoms with Crippen molar-refractivity contribution >= 4 is 11.0 Å². The van der Waals surface area contributed by atoms with E-state index < -0.39 is 0 Å². The highest BCUT2D eigenvalue weighted by atomic mass is 16.5. The molecule has 0 saturated carbocycles. The zero-order chi connectivity index (χ0) is 13.2. The first kappa shape index (κ1) is 12.6. The van der Waals surface area contributed by atoms with E-state index in [2.05, 4.69) is 20.7 Å². The van der Waals surface area contributed by atoms with Gasteiger partial charge >= 0.3 is 0 Å². The smallest absolute Gasteiger partial charge is 0.143 e. The molecule has 0 unspecified atom stereocenters. The van der Waals surface area contributed by atoms with Crippen LogP contribution in [0.15, 0.2) is 12.5 Å². The minimum absolute atomic E-state index is 0.484. The molecule has 5 heteroatoms. The number of rotatable bonds is 3. The van der Waals surface area contributed by atoms with Crippen LogP contribution in [0.1, 0.15) is 30.0 Å². The lowest BCUT2D eigenvalue weighted by molar-refractivity contribution is 0.0848. The highest BCUT2D eigenvalue weighted by molar-refractivity contribution is 5.83. The van der Waals surface area contributed by atoms with E-state index in [9.17, 15) is 0 Å². The van der Waals surface area contributed by atoms with Crippen LogP contribution in [0.2, 0.25) is 0 Å². The Kier molecular flexibility index (Phi) is 3.48. The van der Waals surface area contributed by atoms with Gasteiger partial charge in [0.05, 0.1) is 5.69 Å². The number of fused-ring (bicyclic) bond motifs is 1. The van der Waals surface area contributed by atoms with E-state index in [1.807, 2.05) is 7.05 Å². The summed E-state index contributed by atoms with van der Waals surface area (Å²) in [4.78, 5) is 8.98. The molecule has 0 atom stereocenters. The fourth-order valence-electron chi connectivity index (χ4n) is 2.95. The van der Waals surface area contributed by atoms with Gasteiger partial charge < -0.3 is 15.0 Å². The lowest BCUT2D eigenvalue weighted by Gasteiger charge is -2.22. The van der Waals surface area contributed by atoms with Crippen LogP contribution in [-0.2, 0) is 18.2 Å². The Hall–Kier alpha value is -1.46. The summed E-state index contributed by atoms with van der Waals surface area (Å²) in [5, 5.41) is 1.21. The minimum atomic E-state index is 0.484. The molecule has 2 aromatic heterocycles. The first-order valence-corrected chi connectivity index (χ1v) is 6.88. The van der Waals surface area contributed by atoms with Gasteiger partial charge in [-0.1, -0.05) is 0 Å². The fourth-order valence-corrected chi connectivity index (χ4v) is 2.95. The number of hydrogen-bond donors (Lipinski definition) is 1. The lowest BCUT2D eigenvalue weighted by Crippen LogP contribution is -2.16. The summed E-state index contributed by atoms with van der Waals surface area (Å²) in [6.45, 7) is 2.31. The Morgan fingerprint density at radius 2 is 2.16 bits per heavy atom. The van der Waals surface area contributed by atoms with E-state index >= 15 is 0 Å². The Balaban J connectivity index is 2.12. The second-order valence-electron chi connectivity index (χ2n) is 5.15. The maximum atomic E-state index is 5.72. The number of nitrogens with two attached hydrogens (primary N) is 1. The third-order valence-electron chi connectivity index (χ3n) is 3.88. The second-order valence-corrected chi connectivity index (χ2v) is 5.15. The van der Waals surface area contributed by atoms with E-state index in [1.165, 1.54) is 16.6 Å². The van der Waals surface area contributed by atoms with Gasteiger partial charge in [-0.2, -0.15) is 0 Å². The monoisotopic (exact) mass is 260 g/mol. The fraction of sp³-hybridized carbons (Fsp3) is 0.571. The molecule has 1 saturated heterocycles. The normalized spacial score (nSPS) is 17.2. The molecule has 5 nitrogen and oxygen atoms in total. The molecule has 2 aromatic rings. The molecule has 102 valence electrons. The van der Waals surface area contributed by atoms with Gasteiger partial charge in [0.2, 0.25) is 0 Å². The van der Waals surface area contributed by atoms with Crippen molar-refractivity contribution in [1.82, 2.24) is 14.5 Å². The summed E-state index contributed by atoms with van der Waals surface area (Å²) < 4.78 is 7.52. The van der Waals surface area contributed by atoms with Crippen LogP contribution in [0, 0.1) is 0 Å². The molecule has 1 aliphatic rings. The third kappa shape index (κ3) is 2.24. The third-order valence-corrected chi connectivity index (χ3v) is 3.88. The molecule has 0 bridgehead atoms. The largest absolute Gasteiger partial charge is 0.381 e. The second kappa shape index (κ2) is 5.27. The van der Waals surface area contributed by atoms with Crippen molar-refractivity contribution in [2.45, 2.75) is 25.2 Å². The number of aryl methyl sites for hydroxylation is 1. The molecule has 1 aliphatic heterocycles. The number of aromatic nitrogens is 3. The van der Waals surface area contributed by atoms with Gasteiger partial charge in [-0.15, -0.1) is 0 Å². The topological polar surface area (TPSA) is 66.0 Å². The molecule has 3 rings (SSSR count). The molecule has 0 amide bonds. The van der Waals surface area contributed by atoms with Crippen LogP contribution in [0.5, 0.6) is 0 Å². The van der Waals surface area contributed by atoms with Crippen LogP contribution < -0.4 is 5.73 Å². The zero-order valence-corrected chi connectivity index (χ0v) is 11.3. The number of ether oxygens (including phenoxy) is 1. The van der Waals surface area contributed by atoms with Gasteiger partial charge in [0, 0.05) is 37.8 Å². The molecule has 2 N–H and O–H groups in total. The van der Waals surface area contributed by atoms with Crippen LogP contribution in [0.4, 0.5) is 0 Å². The molecule has 1 fully saturated rings. The van der Waals surface area contributed by atoms with E-state index in [1.54, 1.807) is 6.33 Å². The molecular formula is C14H20N4O. The summed E-state index contributed by atoms with van der Waals surface area (Å²) >= 11 is 0. The summed E-state index contributed by atoms with van der Waals surface area (Å²) in [5.74, 6) is 0.484. The van der Waals surface area contributed by atoms with Gasteiger partial charge in [-0.25, -0.2) is 9.97 Å². The summed E-state index contributed by atoms with van der Waals surface area (Å²) in [7, 11) is 2.03.